The summed E-state index contributed by atoms with van der Waals surface area (Å²) in [6.45, 7) is 5.95. The fraction of sp³-hybridized carbons (Fsp3) is 0.591. The van der Waals surface area contributed by atoms with Gasteiger partial charge in [0.05, 0.1) is 17.9 Å². The lowest BCUT2D eigenvalue weighted by Crippen LogP contribution is -2.46. The van der Waals surface area contributed by atoms with E-state index in [1.807, 2.05) is 20.8 Å². The first kappa shape index (κ1) is 25.8. The van der Waals surface area contributed by atoms with Crippen molar-refractivity contribution in [3.8, 4) is 0 Å². The number of esters is 1. The molecule has 1 N–H and O–H groups in total. The van der Waals surface area contributed by atoms with Crippen molar-refractivity contribution in [1.29, 1.82) is 0 Å². The van der Waals surface area contributed by atoms with Crippen LogP contribution in [0.25, 0.3) is 0 Å². The second-order valence-electron chi connectivity index (χ2n) is 8.99. The molecule has 1 aromatic carbocycles. The third-order valence-corrected chi connectivity index (χ3v) is 6.82. The van der Waals surface area contributed by atoms with Crippen LogP contribution in [0, 0.1) is 0 Å². The van der Waals surface area contributed by atoms with E-state index in [2.05, 4.69) is 5.32 Å². The van der Waals surface area contributed by atoms with E-state index in [0.717, 1.165) is 19.3 Å². The molecule has 1 aliphatic rings. The second-order valence-corrected chi connectivity index (χ2v) is 10.9. The van der Waals surface area contributed by atoms with Crippen LogP contribution >= 0.6 is 0 Å². The van der Waals surface area contributed by atoms with E-state index >= 15 is 0 Å². The molecular formula is C22H33N3O6S. The number of nitrogens with one attached hydrogen (secondary N) is 1. The molecular weight excluding hydrogens is 434 g/mol. The number of carbonyl (C=O) groups excluding carboxylic acids is 3. The molecule has 10 heteroatoms. The van der Waals surface area contributed by atoms with Gasteiger partial charge in [-0.2, -0.15) is 4.31 Å². The van der Waals surface area contributed by atoms with Gasteiger partial charge in [-0.3, -0.25) is 14.4 Å². The zero-order chi connectivity index (χ0) is 23.9. The molecule has 0 spiro atoms. The van der Waals surface area contributed by atoms with E-state index in [4.69, 9.17) is 4.74 Å². The summed E-state index contributed by atoms with van der Waals surface area (Å²) in [6, 6.07) is 6.12. The number of likely N-dealkylation sites (N-methyl/N-ethyl adjacent to an activating group) is 1. The van der Waals surface area contributed by atoms with Crippen LogP contribution in [0.2, 0.25) is 0 Å². The summed E-state index contributed by atoms with van der Waals surface area (Å²) in [5.41, 5.74) is 0.175. The largest absolute Gasteiger partial charge is 0.455 e. The van der Waals surface area contributed by atoms with Crippen LogP contribution in [0.5, 0.6) is 0 Å². The van der Waals surface area contributed by atoms with Crippen molar-refractivity contribution in [3.05, 3.63) is 29.8 Å². The first-order valence-electron chi connectivity index (χ1n) is 10.7. The van der Waals surface area contributed by atoms with Gasteiger partial charge >= 0.3 is 5.97 Å². The smallest absolute Gasteiger partial charge is 0.310 e. The summed E-state index contributed by atoms with van der Waals surface area (Å²) in [5.74, 6) is -1.41. The van der Waals surface area contributed by atoms with Crippen molar-refractivity contribution in [2.24, 2.45) is 0 Å². The average Bonchev–Trinajstić information content (AvgIpc) is 2.71. The zero-order valence-corrected chi connectivity index (χ0v) is 20.0. The topological polar surface area (TPSA) is 113 Å². The molecule has 2 rings (SSSR count). The molecule has 1 aliphatic heterocycles. The first-order chi connectivity index (χ1) is 14.9. The van der Waals surface area contributed by atoms with Gasteiger partial charge in [-0.05, 0) is 51.3 Å². The van der Waals surface area contributed by atoms with Crippen LogP contribution in [-0.4, -0.2) is 74.2 Å². The van der Waals surface area contributed by atoms with Crippen molar-refractivity contribution in [2.75, 3.05) is 33.3 Å². The number of hydrogen-bond acceptors (Lipinski definition) is 6. The maximum atomic E-state index is 12.7. The highest BCUT2D eigenvalue weighted by Gasteiger charge is 2.26. The van der Waals surface area contributed by atoms with Gasteiger partial charge < -0.3 is 15.0 Å². The van der Waals surface area contributed by atoms with E-state index in [1.54, 1.807) is 12.1 Å². The lowest BCUT2D eigenvalue weighted by atomic mass is 10.1. The third-order valence-electron chi connectivity index (χ3n) is 4.90. The Morgan fingerprint density at radius 1 is 1.06 bits per heavy atom. The second kappa shape index (κ2) is 10.9. The van der Waals surface area contributed by atoms with Crippen molar-refractivity contribution < 1.29 is 27.5 Å². The van der Waals surface area contributed by atoms with Gasteiger partial charge in [0, 0.05) is 25.7 Å². The molecule has 1 fully saturated rings. The zero-order valence-electron chi connectivity index (χ0n) is 19.2. The maximum Gasteiger partial charge on any atom is 0.310 e. The highest BCUT2D eigenvalue weighted by atomic mass is 32.2. The number of ether oxygens (including phenoxy) is 1. The lowest BCUT2D eigenvalue weighted by Gasteiger charge is -2.25. The monoisotopic (exact) mass is 467 g/mol. The first-order valence-corrected chi connectivity index (χ1v) is 12.1. The fourth-order valence-corrected chi connectivity index (χ4v) is 4.78. The highest BCUT2D eigenvalue weighted by molar-refractivity contribution is 7.89. The summed E-state index contributed by atoms with van der Waals surface area (Å²) >= 11 is 0. The molecule has 0 aromatic heterocycles. The summed E-state index contributed by atoms with van der Waals surface area (Å²) in [7, 11) is -2.07. The quantitative estimate of drug-likeness (QED) is 0.577. The summed E-state index contributed by atoms with van der Waals surface area (Å²) in [4.78, 5) is 37.5. The molecule has 1 saturated heterocycles. The molecule has 0 aliphatic carbocycles. The molecule has 2 amide bonds. The number of sulfonamides is 1. The Bertz CT molecular complexity index is 916. The van der Waals surface area contributed by atoms with Crippen molar-refractivity contribution in [3.63, 3.8) is 0 Å². The van der Waals surface area contributed by atoms with Gasteiger partial charge in [0.1, 0.15) is 0 Å². The number of nitrogens with zero attached hydrogens (tertiary/aromatic N) is 2. The number of carbonyl (C=O) groups is 3. The minimum absolute atomic E-state index is 0.0917. The standard InChI is InChI=1S/C22H33N3O6S/c1-22(2,3)23-19(26)15-24(4)20(27)16-31-21(28)14-17-8-10-18(11-9-17)32(29,30)25-12-6-5-7-13-25/h8-11H,5-7,12-16H2,1-4H3,(H,23,26). The van der Waals surface area contributed by atoms with Crippen LogP contribution in [0.4, 0.5) is 0 Å². The van der Waals surface area contributed by atoms with Crippen LogP contribution in [0.3, 0.4) is 0 Å². The number of amides is 2. The van der Waals surface area contributed by atoms with Crippen LogP contribution in [0.1, 0.15) is 45.6 Å². The Labute approximate surface area is 190 Å². The Morgan fingerprint density at radius 3 is 2.22 bits per heavy atom. The van der Waals surface area contributed by atoms with Crippen LogP contribution in [0.15, 0.2) is 29.2 Å². The molecule has 1 heterocycles. The normalized spacial score (nSPS) is 15.1. The van der Waals surface area contributed by atoms with Gasteiger partial charge in [-0.25, -0.2) is 8.42 Å². The molecule has 0 radical (unpaired) electrons. The predicted octanol–water partition coefficient (Wildman–Crippen LogP) is 1.32. The minimum atomic E-state index is -3.53. The summed E-state index contributed by atoms with van der Waals surface area (Å²) in [5, 5.41) is 2.75. The molecule has 0 unspecified atom stereocenters. The maximum absolute atomic E-state index is 12.7. The molecule has 0 bridgehead atoms. The number of piperidine rings is 1. The van der Waals surface area contributed by atoms with Crippen LogP contribution < -0.4 is 5.32 Å². The molecule has 9 nitrogen and oxygen atoms in total. The average molecular weight is 468 g/mol. The predicted molar refractivity (Wildman–Crippen MR) is 119 cm³/mol. The molecule has 178 valence electrons. The SMILES string of the molecule is CN(CC(=O)NC(C)(C)C)C(=O)COC(=O)Cc1ccc(S(=O)(=O)N2CCCCC2)cc1. The molecule has 0 atom stereocenters. The third kappa shape index (κ3) is 7.90. The number of hydrogen-bond donors (Lipinski definition) is 1. The fourth-order valence-electron chi connectivity index (χ4n) is 3.27. The minimum Gasteiger partial charge on any atom is -0.455 e. The molecule has 0 saturated carbocycles. The van der Waals surface area contributed by atoms with Crippen molar-refractivity contribution in [2.45, 2.75) is 56.9 Å². The Kier molecular flexibility index (Phi) is 8.80. The van der Waals surface area contributed by atoms with Gasteiger partial charge in [0.2, 0.25) is 15.9 Å². The van der Waals surface area contributed by atoms with E-state index in [9.17, 15) is 22.8 Å². The Hall–Kier alpha value is -2.46. The van der Waals surface area contributed by atoms with Crippen LogP contribution in [-0.2, 0) is 35.6 Å². The van der Waals surface area contributed by atoms with Gasteiger partial charge in [0.15, 0.2) is 6.61 Å². The van der Waals surface area contributed by atoms with Gasteiger partial charge in [-0.15, -0.1) is 0 Å². The van der Waals surface area contributed by atoms with Gasteiger partial charge in [-0.1, -0.05) is 18.6 Å². The van der Waals surface area contributed by atoms with E-state index in [1.165, 1.54) is 28.4 Å². The molecule has 32 heavy (non-hydrogen) atoms. The lowest BCUT2D eigenvalue weighted by molar-refractivity contribution is -0.151. The molecule has 1 aromatic rings. The summed E-state index contributed by atoms with van der Waals surface area (Å²) < 4.78 is 31.9. The van der Waals surface area contributed by atoms with Gasteiger partial charge in [0.25, 0.3) is 5.91 Å². The highest BCUT2D eigenvalue weighted by Crippen LogP contribution is 2.21. The van der Waals surface area contributed by atoms with E-state index in [0.29, 0.717) is 18.7 Å². The van der Waals surface area contributed by atoms with Crippen molar-refractivity contribution in [1.82, 2.24) is 14.5 Å². The Balaban J connectivity index is 1.82. The van der Waals surface area contributed by atoms with E-state index < -0.39 is 34.0 Å². The van der Waals surface area contributed by atoms with E-state index in [-0.39, 0.29) is 23.8 Å². The number of benzene rings is 1. The Morgan fingerprint density at radius 2 is 1.66 bits per heavy atom. The van der Waals surface area contributed by atoms with Crippen molar-refractivity contribution >= 4 is 27.8 Å². The summed E-state index contributed by atoms with van der Waals surface area (Å²) in [6.07, 6.45) is 2.66. The number of rotatable bonds is 8.